The van der Waals surface area contributed by atoms with Crippen LogP contribution >= 0.6 is 0 Å². The van der Waals surface area contributed by atoms with Gasteiger partial charge in [-0.1, -0.05) is 61.0 Å². The average molecular weight is 378 g/mol. The van der Waals surface area contributed by atoms with Crippen LogP contribution in [-0.2, 0) is 17.8 Å². The monoisotopic (exact) mass is 377 g/mol. The standard InChI is InChI=1S/C25H31NO2/c27-25(28)16-20-6-8-21(9-7-20)18-26-14-12-19(13-15-26)10-11-23-17-24(23)22-4-2-1-3-5-22/h1-9,19,23-24H,10-18H2,(H,27,28)/t23-,24+/m0/s1. The topological polar surface area (TPSA) is 40.5 Å². The lowest BCUT2D eigenvalue weighted by Crippen LogP contribution is -2.33. The van der Waals surface area contributed by atoms with E-state index in [1.165, 1.54) is 56.3 Å². The Morgan fingerprint density at radius 2 is 1.61 bits per heavy atom. The minimum Gasteiger partial charge on any atom is -0.481 e. The highest BCUT2D eigenvalue weighted by Gasteiger charge is 2.37. The van der Waals surface area contributed by atoms with E-state index in [0.29, 0.717) is 0 Å². The highest BCUT2D eigenvalue weighted by Crippen LogP contribution is 2.50. The number of nitrogens with zero attached hydrogens (tertiary/aromatic N) is 1. The number of hydrogen-bond donors (Lipinski definition) is 1. The smallest absolute Gasteiger partial charge is 0.307 e. The lowest BCUT2D eigenvalue weighted by molar-refractivity contribution is -0.136. The number of aliphatic carboxylic acids is 1. The molecular weight excluding hydrogens is 346 g/mol. The second-order valence-corrected chi connectivity index (χ2v) is 8.70. The first kappa shape index (κ1) is 19.2. The SMILES string of the molecule is O=C(O)Cc1ccc(CN2CCC(CC[C@H]3C[C@@H]3c3ccccc3)CC2)cc1. The largest absolute Gasteiger partial charge is 0.481 e. The molecule has 0 unspecified atom stereocenters. The van der Waals surface area contributed by atoms with E-state index in [9.17, 15) is 4.79 Å². The molecule has 1 heterocycles. The Kier molecular flexibility index (Phi) is 6.11. The summed E-state index contributed by atoms with van der Waals surface area (Å²) in [6, 6.07) is 19.1. The number of benzene rings is 2. The predicted octanol–water partition coefficient (Wildman–Crippen LogP) is 5.11. The summed E-state index contributed by atoms with van der Waals surface area (Å²) in [6.45, 7) is 3.36. The van der Waals surface area contributed by atoms with Gasteiger partial charge in [-0.15, -0.1) is 0 Å². The summed E-state index contributed by atoms with van der Waals surface area (Å²) in [5.74, 6) is 1.87. The summed E-state index contributed by atoms with van der Waals surface area (Å²) in [5, 5.41) is 8.87. The van der Waals surface area contributed by atoms with Crippen molar-refractivity contribution < 1.29 is 9.90 Å². The molecule has 3 heteroatoms. The fourth-order valence-corrected chi connectivity index (χ4v) is 4.75. The third kappa shape index (κ3) is 5.23. The van der Waals surface area contributed by atoms with Crippen molar-refractivity contribution in [3.63, 3.8) is 0 Å². The molecule has 1 saturated carbocycles. The zero-order valence-corrected chi connectivity index (χ0v) is 16.6. The molecule has 0 amide bonds. The highest BCUT2D eigenvalue weighted by molar-refractivity contribution is 5.70. The maximum atomic E-state index is 10.8. The van der Waals surface area contributed by atoms with E-state index in [2.05, 4.69) is 47.4 Å². The van der Waals surface area contributed by atoms with Gasteiger partial charge in [-0.2, -0.15) is 0 Å². The van der Waals surface area contributed by atoms with Crippen molar-refractivity contribution in [1.29, 1.82) is 0 Å². The van der Waals surface area contributed by atoms with Crippen LogP contribution in [0.15, 0.2) is 54.6 Å². The Labute approximate surface area is 168 Å². The van der Waals surface area contributed by atoms with Gasteiger partial charge in [-0.05, 0) is 73.2 Å². The summed E-state index contributed by atoms with van der Waals surface area (Å²) in [5.41, 5.74) is 3.71. The molecule has 1 saturated heterocycles. The zero-order valence-electron chi connectivity index (χ0n) is 16.6. The number of likely N-dealkylation sites (tertiary alicyclic amines) is 1. The molecule has 0 bridgehead atoms. The van der Waals surface area contributed by atoms with Crippen LogP contribution in [0.4, 0.5) is 0 Å². The molecule has 28 heavy (non-hydrogen) atoms. The fourth-order valence-electron chi connectivity index (χ4n) is 4.75. The number of carboxylic acid groups (broad SMARTS) is 1. The van der Waals surface area contributed by atoms with Gasteiger partial charge in [0, 0.05) is 6.54 Å². The minimum absolute atomic E-state index is 0.109. The third-order valence-corrected chi connectivity index (χ3v) is 6.59. The van der Waals surface area contributed by atoms with Gasteiger partial charge in [0.05, 0.1) is 6.42 Å². The van der Waals surface area contributed by atoms with Gasteiger partial charge in [0.1, 0.15) is 0 Å². The quantitative estimate of drug-likeness (QED) is 0.695. The van der Waals surface area contributed by atoms with Gasteiger partial charge >= 0.3 is 5.97 Å². The summed E-state index contributed by atoms with van der Waals surface area (Å²) < 4.78 is 0. The number of rotatable bonds is 8. The van der Waals surface area contributed by atoms with Crippen LogP contribution in [0.2, 0.25) is 0 Å². The van der Waals surface area contributed by atoms with Gasteiger partial charge in [-0.25, -0.2) is 0 Å². The lowest BCUT2D eigenvalue weighted by atomic mass is 9.90. The molecular formula is C25H31NO2. The molecule has 2 fully saturated rings. The summed E-state index contributed by atoms with van der Waals surface area (Å²) in [7, 11) is 0. The molecule has 0 radical (unpaired) electrons. The predicted molar refractivity (Wildman–Crippen MR) is 112 cm³/mol. The number of carbonyl (C=O) groups is 1. The second kappa shape index (κ2) is 8.91. The number of hydrogen-bond acceptors (Lipinski definition) is 2. The van der Waals surface area contributed by atoms with Crippen LogP contribution in [0, 0.1) is 11.8 Å². The molecule has 2 aromatic rings. The van der Waals surface area contributed by atoms with Crippen molar-refractivity contribution in [2.24, 2.45) is 11.8 Å². The normalized spacial score (nSPS) is 22.9. The second-order valence-electron chi connectivity index (χ2n) is 8.70. The molecule has 0 aromatic heterocycles. The Balaban J connectivity index is 1.16. The van der Waals surface area contributed by atoms with Crippen LogP contribution in [0.5, 0.6) is 0 Å². The molecule has 1 N–H and O–H groups in total. The Hall–Kier alpha value is -2.13. The van der Waals surface area contributed by atoms with Gasteiger partial charge in [0.15, 0.2) is 0 Å². The van der Waals surface area contributed by atoms with Crippen LogP contribution < -0.4 is 0 Å². The van der Waals surface area contributed by atoms with E-state index >= 15 is 0 Å². The van der Waals surface area contributed by atoms with Gasteiger partial charge < -0.3 is 5.11 Å². The summed E-state index contributed by atoms with van der Waals surface area (Å²) in [4.78, 5) is 13.3. The highest BCUT2D eigenvalue weighted by atomic mass is 16.4. The Bertz CT molecular complexity index is 763. The van der Waals surface area contributed by atoms with Crippen molar-refractivity contribution in [2.45, 2.75) is 51.0 Å². The maximum absolute atomic E-state index is 10.8. The van der Waals surface area contributed by atoms with Crippen molar-refractivity contribution in [3.05, 3.63) is 71.3 Å². The molecule has 3 nitrogen and oxygen atoms in total. The van der Waals surface area contributed by atoms with Gasteiger partial charge in [0.25, 0.3) is 0 Å². The van der Waals surface area contributed by atoms with Crippen molar-refractivity contribution in [2.75, 3.05) is 13.1 Å². The first-order chi connectivity index (χ1) is 13.7. The Morgan fingerprint density at radius 3 is 2.29 bits per heavy atom. The molecule has 2 aliphatic rings. The number of carboxylic acids is 1. The van der Waals surface area contributed by atoms with Crippen LogP contribution in [0.1, 0.15) is 54.7 Å². The van der Waals surface area contributed by atoms with E-state index in [4.69, 9.17) is 5.11 Å². The van der Waals surface area contributed by atoms with Crippen LogP contribution in [0.3, 0.4) is 0 Å². The Morgan fingerprint density at radius 1 is 0.929 bits per heavy atom. The minimum atomic E-state index is -0.767. The van der Waals surface area contributed by atoms with Crippen molar-refractivity contribution in [1.82, 2.24) is 4.90 Å². The first-order valence-corrected chi connectivity index (χ1v) is 10.7. The van der Waals surface area contributed by atoms with Crippen molar-refractivity contribution in [3.8, 4) is 0 Å². The van der Waals surface area contributed by atoms with E-state index in [1.807, 2.05) is 12.1 Å². The van der Waals surface area contributed by atoms with Crippen LogP contribution in [0.25, 0.3) is 0 Å². The van der Waals surface area contributed by atoms with Crippen LogP contribution in [-0.4, -0.2) is 29.1 Å². The summed E-state index contributed by atoms with van der Waals surface area (Å²) in [6.07, 6.45) is 6.93. The molecule has 1 aliphatic carbocycles. The average Bonchev–Trinajstić information content (AvgIpc) is 3.49. The third-order valence-electron chi connectivity index (χ3n) is 6.59. The zero-order chi connectivity index (χ0) is 19.3. The molecule has 2 atom stereocenters. The van der Waals surface area contributed by atoms with E-state index in [0.717, 1.165) is 29.9 Å². The van der Waals surface area contributed by atoms with E-state index in [-0.39, 0.29) is 6.42 Å². The summed E-state index contributed by atoms with van der Waals surface area (Å²) >= 11 is 0. The van der Waals surface area contributed by atoms with Gasteiger partial charge in [0.2, 0.25) is 0 Å². The number of piperidine rings is 1. The molecule has 4 rings (SSSR count). The molecule has 1 aliphatic heterocycles. The van der Waals surface area contributed by atoms with Crippen molar-refractivity contribution >= 4 is 5.97 Å². The van der Waals surface area contributed by atoms with E-state index in [1.54, 1.807) is 0 Å². The molecule has 0 spiro atoms. The van der Waals surface area contributed by atoms with Gasteiger partial charge in [-0.3, -0.25) is 9.69 Å². The van der Waals surface area contributed by atoms with E-state index < -0.39 is 5.97 Å². The maximum Gasteiger partial charge on any atom is 0.307 e. The molecule has 2 aromatic carbocycles. The first-order valence-electron chi connectivity index (χ1n) is 10.7. The lowest BCUT2D eigenvalue weighted by Gasteiger charge is -2.32. The fraction of sp³-hybridized carbons (Fsp3) is 0.480. The molecule has 148 valence electrons.